The third-order valence-corrected chi connectivity index (χ3v) is 4.24. The van der Waals surface area contributed by atoms with E-state index in [9.17, 15) is 4.79 Å². The van der Waals surface area contributed by atoms with Crippen LogP contribution in [0.25, 0.3) is 0 Å². The maximum absolute atomic E-state index is 11.4. The fourth-order valence-electron chi connectivity index (χ4n) is 2.96. The summed E-state index contributed by atoms with van der Waals surface area (Å²) in [5.41, 5.74) is 1.77. The Hall–Kier alpha value is -1.31. The summed E-state index contributed by atoms with van der Waals surface area (Å²) < 4.78 is 4.71. The predicted molar refractivity (Wildman–Crippen MR) is 108 cm³/mol. The lowest BCUT2D eigenvalue weighted by atomic mass is 10.0. The summed E-state index contributed by atoms with van der Waals surface area (Å²) in [6.07, 6.45) is 3.43. The first-order chi connectivity index (χ1) is 11.1. The normalized spacial score (nSPS) is 17.9. The number of rotatable bonds is 4. The monoisotopic (exact) mass is 445 g/mol. The number of nitrogens with one attached hydrogen (secondary N) is 1. The van der Waals surface area contributed by atoms with E-state index in [2.05, 4.69) is 22.1 Å². The van der Waals surface area contributed by atoms with Crippen LogP contribution in [0.1, 0.15) is 35.7 Å². The van der Waals surface area contributed by atoms with Crippen molar-refractivity contribution in [3.05, 3.63) is 35.4 Å². The Labute approximate surface area is 161 Å². The molecule has 1 heterocycles. The fourth-order valence-corrected chi connectivity index (χ4v) is 2.96. The van der Waals surface area contributed by atoms with E-state index in [4.69, 9.17) is 4.74 Å². The second-order valence-corrected chi connectivity index (χ2v) is 6.11. The van der Waals surface area contributed by atoms with Crippen molar-refractivity contribution in [2.24, 2.45) is 10.9 Å². The lowest BCUT2D eigenvalue weighted by Gasteiger charge is -2.33. The van der Waals surface area contributed by atoms with Gasteiger partial charge < -0.3 is 15.0 Å². The molecule has 1 unspecified atom stereocenters. The summed E-state index contributed by atoms with van der Waals surface area (Å²) in [6, 6.07) is 7.56. The highest BCUT2D eigenvalue weighted by Crippen LogP contribution is 2.15. The Kier molecular flexibility index (Phi) is 9.10. The molecular weight excluding hydrogens is 417 g/mol. The molecule has 134 valence electrons. The van der Waals surface area contributed by atoms with E-state index in [0.29, 0.717) is 5.56 Å². The third kappa shape index (κ3) is 5.96. The van der Waals surface area contributed by atoms with Gasteiger partial charge >= 0.3 is 5.97 Å². The van der Waals surface area contributed by atoms with E-state index in [1.54, 1.807) is 0 Å². The molecule has 0 spiro atoms. The zero-order valence-corrected chi connectivity index (χ0v) is 17.1. The molecule has 1 aromatic rings. The Morgan fingerprint density at radius 2 is 2.08 bits per heavy atom. The van der Waals surface area contributed by atoms with Gasteiger partial charge in [-0.15, -0.1) is 24.0 Å². The number of benzene rings is 1. The Morgan fingerprint density at radius 3 is 2.67 bits per heavy atom. The predicted octanol–water partition coefficient (Wildman–Crippen LogP) is 2.94. The molecule has 1 saturated heterocycles. The van der Waals surface area contributed by atoms with Crippen LogP contribution >= 0.6 is 24.0 Å². The average Bonchev–Trinajstić information content (AvgIpc) is 2.58. The zero-order chi connectivity index (χ0) is 16.7. The van der Waals surface area contributed by atoms with E-state index in [1.165, 1.54) is 25.5 Å². The second-order valence-electron chi connectivity index (χ2n) is 6.11. The molecule has 6 heteroatoms. The number of esters is 1. The molecule has 1 fully saturated rings. The minimum Gasteiger partial charge on any atom is -0.465 e. The number of likely N-dealkylation sites (tertiary alicyclic amines) is 1. The number of piperidine rings is 1. The smallest absolute Gasteiger partial charge is 0.337 e. The molecule has 0 aromatic heterocycles. The molecular formula is C18H28IN3O2. The molecule has 0 saturated carbocycles. The molecule has 1 atom stereocenters. The van der Waals surface area contributed by atoms with Gasteiger partial charge in [-0.05, 0) is 42.9 Å². The summed E-state index contributed by atoms with van der Waals surface area (Å²) in [6.45, 7) is 5.28. The molecule has 5 nitrogen and oxygen atoms in total. The largest absolute Gasteiger partial charge is 0.465 e. The van der Waals surface area contributed by atoms with E-state index in [-0.39, 0.29) is 29.9 Å². The van der Waals surface area contributed by atoms with Gasteiger partial charge in [-0.1, -0.05) is 19.1 Å². The van der Waals surface area contributed by atoms with Gasteiger partial charge in [-0.3, -0.25) is 4.99 Å². The Morgan fingerprint density at radius 1 is 1.38 bits per heavy atom. The van der Waals surface area contributed by atoms with E-state index >= 15 is 0 Å². The fraction of sp³-hybridized carbons (Fsp3) is 0.556. The lowest BCUT2D eigenvalue weighted by Crippen LogP contribution is -2.46. The first kappa shape index (κ1) is 20.7. The van der Waals surface area contributed by atoms with Crippen LogP contribution in [0.2, 0.25) is 0 Å². The molecule has 0 amide bonds. The summed E-state index contributed by atoms with van der Waals surface area (Å²) in [5.74, 6) is 1.42. The molecule has 2 rings (SSSR count). The van der Waals surface area contributed by atoms with Crippen LogP contribution in [0.15, 0.2) is 29.3 Å². The number of carbonyl (C=O) groups is 1. The quantitative estimate of drug-likeness (QED) is 0.335. The van der Waals surface area contributed by atoms with Crippen LogP contribution in [0, 0.1) is 5.92 Å². The highest BCUT2D eigenvalue weighted by molar-refractivity contribution is 14.0. The first-order valence-corrected chi connectivity index (χ1v) is 8.27. The summed E-state index contributed by atoms with van der Waals surface area (Å²) in [7, 11) is 3.24. The molecule has 0 bridgehead atoms. The van der Waals surface area contributed by atoms with Crippen LogP contribution in [-0.2, 0) is 11.2 Å². The second kappa shape index (κ2) is 10.5. The first-order valence-electron chi connectivity index (χ1n) is 8.27. The van der Waals surface area contributed by atoms with E-state index < -0.39 is 0 Å². The zero-order valence-electron chi connectivity index (χ0n) is 14.7. The number of ether oxygens (including phenoxy) is 1. The lowest BCUT2D eigenvalue weighted by molar-refractivity contribution is 0.0600. The van der Waals surface area contributed by atoms with E-state index in [0.717, 1.165) is 37.9 Å². The van der Waals surface area contributed by atoms with Crippen molar-refractivity contribution in [3.63, 3.8) is 0 Å². The number of guanidine groups is 1. The molecule has 1 N–H and O–H groups in total. The SMILES string of the molecule is CN=C(NCCc1ccc(C(=O)OC)cc1)N1CCCC(C)C1.I. The van der Waals surface area contributed by atoms with Crippen LogP contribution in [0.4, 0.5) is 0 Å². The molecule has 1 aliphatic heterocycles. The van der Waals surface area contributed by atoms with Crippen LogP contribution in [-0.4, -0.2) is 50.6 Å². The Bertz CT molecular complexity index is 546. The van der Waals surface area contributed by atoms with Gasteiger partial charge in [-0.25, -0.2) is 4.79 Å². The summed E-state index contributed by atoms with van der Waals surface area (Å²) in [5, 5.41) is 3.44. The molecule has 24 heavy (non-hydrogen) atoms. The maximum atomic E-state index is 11.4. The molecule has 1 aromatic carbocycles. The van der Waals surface area contributed by atoms with Crippen molar-refractivity contribution in [1.29, 1.82) is 0 Å². The van der Waals surface area contributed by atoms with Crippen molar-refractivity contribution >= 4 is 35.9 Å². The van der Waals surface area contributed by atoms with Gasteiger partial charge in [0.25, 0.3) is 0 Å². The van der Waals surface area contributed by atoms with Crippen LogP contribution < -0.4 is 5.32 Å². The topological polar surface area (TPSA) is 53.9 Å². The molecule has 0 radical (unpaired) electrons. The van der Waals surface area contributed by atoms with Crippen LogP contribution in [0.3, 0.4) is 0 Å². The number of nitrogens with zero attached hydrogens (tertiary/aromatic N) is 2. The third-order valence-electron chi connectivity index (χ3n) is 4.24. The molecule has 0 aliphatic carbocycles. The summed E-state index contributed by atoms with van der Waals surface area (Å²) in [4.78, 5) is 18.2. The Balaban J connectivity index is 0.00000288. The van der Waals surface area contributed by atoms with Crippen molar-refractivity contribution in [2.45, 2.75) is 26.2 Å². The van der Waals surface area contributed by atoms with Gasteiger partial charge in [-0.2, -0.15) is 0 Å². The van der Waals surface area contributed by atoms with Gasteiger partial charge in [0, 0.05) is 26.7 Å². The van der Waals surface area contributed by atoms with E-state index in [1.807, 2.05) is 31.3 Å². The minimum absolute atomic E-state index is 0. The van der Waals surface area contributed by atoms with Crippen LogP contribution in [0.5, 0.6) is 0 Å². The number of halogens is 1. The molecule has 1 aliphatic rings. The van der Waals surface area contributed by atoms with Crippen molar-refractivity contribution in [2.75, 3.05) is 33.8 Å². The maximum Gasteiger partial charge on any atom is 0.337 e. The number of aliphatic imine (C=N–C) groups is 1. The number of carbonyl (C=O) groups excluding carboxylic acids is 1. The summed E-state index contributed by atoms with van der Waals surface area (Å²) >= 11 is 0. The minimum atomic E-state index is -0.297. The van der Waals surface area contributed by atoms with Gasteiger partial charge in [0.15, 0.2) is 5.96 Å². The number of methoxy groups -OCH3 is 1. The van der Waals surface area contributed by atoms with Crippen molar-refractivity contribution < 1.29 is 9.53 Å². The van der Waals surface area contributed by atoms with Gasteiger partial charge in [0.2, 0.25) is 0 Å². The van der Waals surface area contributed by atoms with Gasteiger partial charge in [0.05, 0.1) is 12.7 Å². The standard InChI is InChI=1S/C18H27N3O2.HI/c1-14-5-4-12-21(13-14)18(19-2)20-11-10-15-6-8-16(9-7-15)17(22)23-3;/h6-9,14H,4-5,10-13H2,1-3H3,(H,19,20);1H. The van der Waals surface area contributed by atoms with Crippen molar-refractivity contribution in [3.8, 4) is 0 Å². The van der Waals surface area contributed by atoms with Gasteiger partial charge in [0.1, 0.15) is 0 Å². The average molecular weight is 445 g/mol. The van der Waals surface area contributed by atoms with Crippen molar-refractivity contribution in [1.82, 2.24) is 10.2 Å². The number of hydrogen-bond acceptors (Lipinski definition) is 3. The highest BCUT2D eigenvalue weighted by Gasteiger charge is 2.18. The highest BCUT2D eigenvalue weighted by atomic mass is 127. The number of hydrogen-bond donors (Lipinski definition) is 1.